The number of carbonyl (C=O) groups excluding carboxylic acids is 1. The zero-order valence-electron chi connectivity index (χ0n) is 10.4. The molecule has 0 aliphatic carbocycles. The maximum absolute atomic E-state index is 12.0. The quantitative estimate of drug-likeness (QED) is 0.487. The Morgan fingerprint density at radius 3 is 2.74 bits per heavy atom. The first-order chi connectivity index (χ1) is 8.93. The molecule has 1 unspecified atom stereocenters. The zero-order chi connectivity index (χ0) is 14.2. The van der Waals surface area contributed by atoms with Gasteiger partial charge >= 0.3 is 0 Å². The van der Waals surface area contributed by atoms with E-state index in [0.29, 0.717) is 28.7 Å². The number of carbonyl (C=O) groups is 1. The van der Waals surface area contributed by atoms with Crippen LogP contribution in [-0.2, 0) is 4.79 Å². The second-order valence-electron chi connectivity index (χ2n) is 4.55. The molecular weight excluding hydrogens is 312 g/mol. The molecule has 1 heterocycles. The Morgan fingerprint density at radius 2 is 2.26 bits per heavy atom. The number of halogens is 1. The van der Waals surface area contributed by atoms with Gasteiger partial charge in [0.2, 0.25) is 5.91 Å². The molecule has 5 nitrogen and oxygen atoms in total. The van der Waals surface area contributed by atoms with E-state index in [1.807, 2.05) is 0 Å². The largest absolute Gasteiger partial charge is 0.310 e. The molecule has 1 atom stereocenters. The molecule has 1 saturated heterocycles. The number of amides is 1. The fourth-order valence-electron chi connectivity index (χ4n) is 2.27. The second kappa shape index (κ2) is 5.13. The summed E-state index contributed by atoms with van der Waals surface area (Å²) < 4.78 is 0.567. The predicted octanol–water partition coefficient (Wildman–Crippen LogP) is 3.20. The van der Waals surface area contributed by atoms with Crippen LogP contribution in [0.5, 0.6) is 0 Å². The monoisotopic (exact) mass is 324 g/mol. The first kappa shape index (κ1) is 13.7. The molecule has 2 rings (SSSR count). The van der Waals surface area contributed by atoms with E-state index < -0.39 is 4.92 Å². The summed E-state index contributed by atoms with van der Waals surface area (Å²) in [7, 11) is 0. The molecule has 0 bridgehead atoms. The molecule has 0 N–H and O–H groups in total. The lowest BCUT2D eigenvalue weighted by molar-refractivity contribution is -0.385. The van der Waals surface area contributed by atoms with Crippen LogP contribution in [-0.4, -0.2) is 17.4 Å². The lowest BCUT2D eigenvalue weighted by Gasteiger charge is -2.20. The minimum Gasteiger partial charge on any atom is -0.310 e. The van der Waals surface area contributed by atoms with Gasteiger partial charge in [0.05, 0.1) is 10.6 Å². The van der Waals surface area contributed by atoms with Crippen molar-refractivity contribution in [3.63, 3.8) is 0 Å². The summed E-state index contributed by atoms with van der Waals surface area (Å²) in [5.74, 6) is 0.150. The van der Waals surface area contributed by atoms with E-state index in [9.17, 15) is 14.9 Å². The van der Waals surface area contributed by atoms with Crippen LogP contribution in [0.4, 0.5) is 11.4 Å². The minimum atomic E-state index is -0.445. The molecule has 1 fully saturated rings. The molecular formula is C13H13BrN2O3. The third-order valence-electron chi connectivity index (χ3n) is 3.21. The first-order valence-corrected chi connectivity index (χ1v) is 6.60. The number of anilines is 1. The molecule has 0 spiro atoms. The number of benzene rings is 1. The number of hydrogen-bond acceptors (Lipinski definition) is 3. The van der Waals surface area contributed by atoms with Crippen molar-refractivity contribution in [3.8, 4) is 0 Å². The predicted molar refractivity (Wildman–Crippen MR) is 76.2 cm³/mol. The Morgan fingerprint density at radius 1 is 1.58 bits per heavy atom. The van der Waals surface area contributed by atoms with Gasteiger partial charge in [0.1, 0.15) is 0 Å². The Bertz CT molecular complexity index is 548. The summed E-state index contributed by atoms with van der Waals surface area (Å²) >= 11 is 3.32. The highest BCUT2D eigenvalue weighted by atomic mass is 79.9. The summed E-state index contributed by atoms with van der Waals surface area (Å²) in [5.41, 5.74) is 1.43. The Labute approximate surface area is 119 Å². The van der Waals surface area contributed by atoms with Crippen LogP contribution in [0.15, 0.2) is 29.3 Å². The Balaban J connectivity index is 2.43. The third-order valence-corrected chi connectivity index (χ3v) is 3.81. The Hall–Kier alpha value is -1.69. The van der Waals surface area contributed by atoms with Crippen LogP contribution in [0.2, 0.25) is 0 Å². The third kappa shape index (κ3) is 2.53. The van der Waals surface area contributed by atoms with Crippen LogP contribution in [0.3, 0.4) is 0 Å². The molecule has 100 valence electrons. The van der Waals surface area contributed by atoms with Gasteiger partial charge in [-0.15, -0.1) is 6.58 Å². The number of nitro benzene ring substituents is 1. The van der Waals surface area contributed by atoms with E-state index in [0.717, 1.165) is 0 Å². The summed E-state index contributed by atoms with van der Waals surface area (Å²) in [5, 5.41) is 10.8. The highest BCUT2D eigenvalue weighted by Crippen LogP contribution is 2.37. The normalized spacial score (nSPS) is 18.7. The van der Waals surface area contributed by atoms with Gasteiger partial charge < -0.3 is 4.90 Å². The van der Waals surface area contributed by atoms with Crippen LogP contribution in [0, 0.1) is 23.0 Å². The van der Waals surface area contributed by atoms with Gasteiger partial charge in [-0.1, -0.05) is 6.08 Å². The van der Waals surface area contributed by atoms with Gasteiger partial charge in [0.25, 0.3) is 5.69 Å². The van der Waals surface area contributed by atoms with E-state index in [4.69, 9.17) is 0 Å². The SMILES string of the molecule is C=CC1CC(=O)N(c2c(C)cc([N+](=O)[O-])cc2Br)C1. The van der Waals surface area contributed by atoms with Gasteiger partial charge in [-0.2, -0.15) is 0 Å². The van der Waals surface area contributed by atoms with Crippen molar-refractivity contribution in [1.82, 2.24) is 0 Å². The molecule has 0 saturated carbocycles. The summed E-state index contributed by atoms with van der Waals surface area (Å²) in [6, 6.07) is 2.91. The second-order valence-corrected chi connectivity index (χ2v) is 5.41. The zero-order valence-corrected chi connectivity index (χ0v) is 12.0. The van der Waals surface area contributed by atoms with E-state index in [2.05, 4.69) is 22.5 Å². The van der Waals surface area contributed by atoms with E-state index in [-0.39, 0.29) is 17.5 Å². The standard InChI is InChI=1S/C13H13BrN2O3/c1-3-9-5-12(17)15(7-9)13-8(2)4-10(16(18)19)6-11(13)14/h3-4,6,9H,1,5,7H2,2H3. The van der Waals surface area contributed by atoms with Gasteiger partial charge in [0, 0.05) is 35.5 Å². The van der Waals surface area contributed by atoms with Crippen molar-refractivity contribution in [2.24, 2.45) is 5.92 Å². The highest BCUT2D eigenvalue weighted by molar-refractivity contribution is 9.10. The number of aryl methyl sites for hydroxylation is 1. The molecule has 0 radical (unpaired) electrons. The lowest BCUT2D eigenvalue weighted by atomic mass is 10.1. The first-order valence-electron chi connectivity index (χ1n) is 5.81. The highest BCUT2D eigenvalue weighted by Gasteiger charge is 2.31. The van der Waals surface area contributed by atoms with Crippen molar-refractivity contribution >= 4 is 33.2 Å². The van der Waals surface area contributed by atoms with Gasteiger partial charge in [0.15, 0.2) is 0 Å². The smallest absolute Gasteiger partial charge is 0.270 e. The average molecular weight is 325 g/mol. The van der Waals surface area contributed by atoms with Crippen molar-refractivity contribution in [2.75, 3.05) is 11.4 Å². The number of hydrogen-bond donors (Lipinski definition) is 0. The minimum absolute atomic E-state index is 0.0139. The Kier molecular flexibility index (Phi) is 3.71. The number of nitro groups is 1. The van der Waals surface area contributed by atoms with Crippen molar-refractivity contribution in [3.05, 3.63) is 44.9 Å². The van der Waals surface area contributed by atoms with Crippen LogP contribution in [0.25, 0.3) is 0 Å². The maximum atomic E-state index is 12.0. The fraction of sp³-hybridized carbons (Fsp3) is 0.308. The summed E-state index contributed by atoms with van der Waals surface area (Å²) in [6.07, 6.45) is 2.21. The average Bonchev–Trinajstić information content (AvgIpc) is 2.70. The molecule has 1 aromatic rings. The molecule has 1 amide bonds. The van der Waals surface area contributed by atoms with Crippen LogP contribution >= 0.6 is 15.9 Å². The van der Waals surface area contributed by atoms with E-state index >= 15 is 0 Å². The van der Waals surface area contributed by atoms with Gasteiger partial charge in [-0.3, -0.25) is 14.9 Å². The van der Waals surface area contributed by atoms with Gasteiger partial charge in [-0.25, -0.2) is 0 Å². The van der Waals surface area contributed by atoms with Gasteiger partial charge in [-0.05, 0) is 28.4 Å². The van der Waals surface area contributed by atoms with E-state index in [1.54, 1.807) is 17.9 Å². The molecule has 1 aliphatic rings. The van der Waals surface area contributed by atoms with Crippen molar-refractivity contribution in [2.45, 2.75) is 13.3 Å². The molecule has 19 heavy (non-hydrogen) atoms. The lowest BCUT2D eigenvalue weighted by Crippen LogP contribution is -2.25. The van der Waals surface area contributed by atoms with E-state index in [1.165, 1.54) is 12.1 Å². The van der Waals surface area contributed by atoms with Crippen molar-refractivity contribution in [1.29, 1.82) is 0 Å². The molecule has 6 heteroatoms. The van der Waals surface area contributed by atoms with Crippen molar-refractivity contribution < 1.29 is 9.72 Å². The number of nitrogens with zero attached hydrogens (tertiary/aromatic N) is 2. The summed E-state index contributed by atoms with van der Waals surface area (Å²) in [6.45, 7) is 6.04. The topological polar surface area (TPSA) is 63.5 Å². The maximum Gasteiger partial charge on any atom is 0.270 e. The molecule has 1 aliphatic heterocycles. The molecule has 0 aromatic heterocycles. The number of non-ortho nitro benzene ring substituents is 1. The molecule has 1 aromatic carbocycles. The van der Waals surface area contributed by atoms with Crippen LogP contribution < -0.4 is 4.90 Å². The van der Waals surface area contributed by atoms with Crippen LogP contribution in [0.1, 0.15) is 12.0 Å². The summed E-state index contributed by atoms with van der Waals surface area (Å²) in [4.78, 5) is 24.0. The number of rotatable bonds is 3. The fourth-order valence-corrected chi connectivity index (χ4v) is 3.04.